The van der Waals surface area contributed by atoms with Gasteiger partial charge < -0.3 is 39.2 Å². The number of hydrogen-bond donors (Lipinski definition) is 2. The molecule has 0 spiro atoms. The molecule has 5 rings (SSSR count). The van der Waals surface area contributed by atoms with Gasteiger partial charge in [0.05, 0.1) is 26.0 Å². The molecular weight excluding hydrogens is 582 g/mol. The van der Waals surface area contributed by atoms with Gasteiger partial charge in [0.2, 0.25) is 12.1 Å². The summed E-state index contributed by atoms with van der Waals surface area (Å²) in [6, 6.07) is 10.9. The lowest BCUT2D eigenvalue weighted by Crippen LogP contribution is -2.54. The van der Waals surface area contributed by atoms with Crippen molar-refractivity contribution in [3.05, 3.63) is 36.4 Å². The summed E-state index contributed by atoms with van der Waals surface area (Å²) >= 11 is 0. The van der Waals surface area contributed by atoms with E-state index in [2.05, 4.69) is 9.97 Å². The van der Waals surface area contributed by atoms with Crippen LogP contribution in [0.2, 0.25) is 0 Å². The first-order chi connectivity index (χ1) is 20.5. The van der Waals surface area contributed by atoms with Crippen LogP contribution in [0.25, 0.3) is 10.9 Å². The number of nitrogen functional groups attached to an aromatic ring is 1. The van der Waals surface area contributed by atoms with Gasteiger partial charge in [-0.25, -0.2) is 4.98 Å². The van der Waals surface area contributed by atoms with Gasteiger partial charge in [0, 0.05) is 50.8 Å². The molecule has 1 aromatic heterocycles. The van der Waals surface area contributed by atoms with Crippen molar-refractivity contribution in [3.8, 4) is 23.0 Å². The molecule has 236 valence electrons. The predicted molar refractivity (Wildman–Crippen MR) is 162 cm³/mol. The van der Waals surface area contributed by atoms with Crippen molar-refractivity contribution in [2.24, 2.45) is 0 Å². The quantitative estimate of drug-likeness (QED) is 0.384. The monoisotopic (exact) mass is 621 g/mol. The van der Waals surface area contributed by atoms with Crippen molar-refractivity contribution in [2.75, 3.05) is 77.1 Å². The molecule has 1 amide bonds. The second-order valence-electron chi connectivity index (χ2n) is 9.32. The zero-order valence-corrected chi connectivity index (χ0v) is 25.8. The predicted octanol–water partition coefficient (Wildman–Crippen LogP) is 2.26. The highest BCUT2D eigenvalue weighted by molar-refractivity contribution is 7.85. The number of carbonyl (C=O) groups excluding carboxylic acids is 1. The second-order valence-corrected chi connectivity index (χ2v) is 10.8. The van der Waals surface area contributed by atoms with E-state index in [1.165, 1.54) is 0 Å². The zero-order valence-electron chi connectivity index (χ0n) is 25.0. The van der Waals surface area contributed by atoms with E-state index in [1.54, 1.807) is 37.3 Å². The third-order valence-corrected chi connectivity index (χ3v) is 6.29. The second kappa shape index (κ2) is 15.4. The maximum absolute atomic E-state index is 13.0. The number of fused-ring (bicyclic) bond motifs is 2. The minimum Gasteiger partial charge on any atom is -0.493 e. The number of para-hydroxylation sites is 2. The normalized spacial score (nSPS) is 15.9. The Balaban J connectivity index is 0.000000440. The average Bonchev–Trinajstić information content (AvgIpc) is 2.99. The summed E-state index contributed by atoms with van der Waals surface area (Å²) in [5.74, 6) is 3.18. The molecule has 0 saturated carbocycles. The Bertz CT molecular complexity index is 1470. The van der Waals surface area contributed by atoms with Gasteiger partial charge in [0.15, 0.2) is 23.0 Å². The molecule has 43 heavy (non-hydrogen) atoms. The molecule has 2 aliphatic rings. The van der Waals surface area contributed by atoms with E-state index in [1.807, 2.05) is 36.9 Å². The largest absolute Gasteiger partial charge is 0.493 e. The molecule has 15 heteroatoms. The first kappa shape index (κ1) is 33.4. The fourth-order valence-corrected chi connectivity index (χ4v) is 4.28. The molecule has 1 atom stereocenters. The van der Waals surface area contributed by atoms with Crippen LogP contribution in [0.1, 0.15) is 13.8 Å². The van der Waals surface area contributed by atoms with Crippen molar-refractivity contribution in [1.82, 2.24) is 14.9 Å². The van der Waals surface area contributed by atoms with Crippen LogP contribution >= 0.6 is 0 Å². The molecule has 1 unspecified atom stereocenters. The first-order valence-corrected chi connectivity index (χ1v) is 15.4. The average molecular weight is 622 g/mol. The molecule has 3 heterocycles. The number of rotatable bonds is 6. The van der Waals surface area contributed by atoms with Gasteiger partial charge in [0.1, 0.15) is 12.4 Å². The molecule has 1 fully saturated rings. The van der Waals surface area contributed by atoms with E-state index in [4.69, 9.17) is 34.0 Å². The Hall–Kier alpha value is -4.08. The van der Waals surface area contributed by atoms with Gasteiger partial charge >= 0.3 is 0 Å². The molecule has 3 aromatic rings. The van der Waals surface area contributed by atoms with Gasteiger partial charge in [-0.15, -0.1) is 0 Å². The SMILES string of the molecule is CCOCC.COc1cc2nc(N3CCN(C(=O)C4COc5ccccc5O4)CC3)nc(N)c2cc1OC.CS(=O)(=O)O. The lowest BCUT2D eigenvalue weighted by atomic mass is 10.2. The van der Waals surface area contributed by atoms with Gasteiger partial charge in [-0.3, -0.25) is 9.35 Å². The minimum absolute atomic E-state index is 0.0834. The summed E-state index contributed by atoms with van der Waals surface area (Å²) in [4.78, 5) is 26.0. The van der Waals surface area contributed by atoms with Crippen LogP contribution in [0.3, 0.4) is 0 Å². The molecule has 3 N–H and O–H groups in total. The van der Waals surface area contributed by atoms with Crippen LogP contribution in [-0.2, 0) is 19.6 Å². The summed E-state index contributed by atoms with van der Waals surface area (Å²) in [5, 5.41) is 0.694. The Kier molecular flexibility index (Phi) is 12.0. The van der Waals surface area contributed by atoms with Gasteiger partial charge in [-0.2, -0.15) is 13.4 Å². The maximum Gasteiger partial charge on any atom is 0.267 e. The highest BCUT2D eigenvalue weighted by Crippen LogP contribution is 2.34. The van der Waals surface area contributed by atoms with E-state index in [9.17, 15) is 13.2 Å². The molecule has 2 aromatic carbocycles. The number of nitrogens with two attached hydrogens (primary N) is 1. The number of nitrogens with zero attached hydrogens (tertiary/aromatic N) is 4. The highest BCUT2D eigenvalue weighted by atomic mass is 32.2. The van der Waals surface area contributed by atoms with Gasteiger partial charge in [-0.1, -0.05) is 12.1 Å². The van der Waals surface area contributed by atoms with E-state index in [0.717, 1.165) is 13.2 Å². The molecule has 0 radical (unpaired) electrons. The maximum atomic E-state index is 13.0. The number of amides is 1. The Morgan fingerprint density at radius 3 is 2.16 bits per heavy atom. The summed E-state index contributed by atoms with van der Waals surface area (Å²) in [6.45, 7) is 8.06. The van der Waals surface area contributed by atoms with Crippen molar-refractivity contribution in [3.63, 3.8) is 0 Å². The fourth-order valence-electron chi connectivity index (χ4n) is 4.28. The first-order valence-electron chi connectivity index (χ1n) is 13.6. The number of aromatic nitrogens is 2. The number of ether oxygens (including phenoxy) is 5. The Labute approximate surface area is 251 Å². The number of carbonyl (C=O) groups is 1. The van der Waals surface area contributed by atoms with E-state index < -0.39 is 16.2 Å². The molecular formula is C28H39N5O9S. The van der Waals surface area contributed by atoms with Crippen LogP contribution in [-0.4, -0.2) is 106 Å². The molecule has 1 saturated heterocycles. The van der Waals surface area contributed by atoms with E-state index in [-0.39, 0.29) is 12.5 Å². The summed E-state index contributed by atoms with van der Waals surface area (Å²) in [5.41, 5.74) is 6.89. The lowest BCUT2D eigenvalue weighted by Gasteiger charge is -2.37. The van der Waals surface area contributed by atoms with Crippen molar-refractivity contribution in [1.29, 1.82) is 0 Å². The smallest absolute Gasteiger partial charge is 0.267 e. The number of anilines is 2. The zero-order chi connectivity index (χ0) is 31.6. The van der Waals surface area contributed by atoms with Gasteiger partial charge in [-0.05, 0) is 32.0 Å². The standard InChI is InChI=1S/C23H25N5O5.C4H10O.CH4O3S/c1-30-18-11-14-15(12-19(18)31-2)25-23(26-21(14)24)28-9-7-27(8-10-28)22(29)20-13-32-16-5-3-4-6-17(16)33-20;1-3-5-4-2;1-5(2,3)4/h3-6,11-12,20H,7-10,13H2,1-2H3,(H2,24,25,26);3-4H2,1-2H3;1H3,(H,2,3,4). The minimum atomic E-state index is -3.67. The summed E-state index contributed by atoms with van der Waals surface area (Å²) < 4.78 is 53.0. The molecule has 0 aliphatic carbocycles. The van der Waals surface area contributed by atoms with Crippen molar-refractivity contribution in [2.45, 2.75) is 20.0 Å². The number of hydrogen-bond acceptors (Lipinski definition) is 12. The molecule has 2 aliphatic heterocycles. The topological polar surface area (TPSA) is 176 Å². The fraction of sp³-hybridized carbons (Fsp3) is 0.464. The van der Waals surface area contributed by atoms with E-state index >= 15 is 0 Å². The highest BCUT2D eigenvalue weighted by Gasteiger charge is 2.33. The van der Waals surface area contributed by atoms with Crippen LogP contribution in [0.15, 0.2) is 36.4 Å². The third kappa shape index (κ3) is 9.46. The van der Waals surface area contributed by atoms with Crippen LogP contribution in [0.5, 0.6) is 23.0 Å². The lowest BCUT2D eigenvalue weighted by molar-refractivity contribution is -0.141. The van der Waals surface area contributed by atoms with Crippen LogP contribution < -0.4 is 29.6 Å². The summed E-state index contributed by atoms with van der Waals surface area (Å²) in [6.07, 6.45) is 0.0639. The van der Waals surface area contributed by atoms with Crippen molar-refractivity contribution < 1.29 is 41.4 Å². The van der Waals surface area contributed by atoms with Crippen molar-refractivity contribution >= 4 is 38.7 Å². The Morgan fingerprint density at radius 2 is 1.60 bits per heavy atom. The van der Waals surface area contributed by atoms with Gasteiger partial charge in [0.25, 0.3) is 16.0 Å². The Morgan fingerprint density at radius 1 is 1.02 bits per heavy atom. The van der Waals surface area contributed by atoms with E-state index in [0.29, 0.717) is 78.1 Å². The number of piperazine rings is 1. The van der Waals surface area contributed by atoms with Crippen LogP contribution in [0.4, 0.5) is 11.8 Å². The third-order valence-electron chi connectivity index (χ3n) is 6.29. The van der Waals surface area contributed by atoms with Crippen LogP contribution in [0, 0.1) is 0 Å². The summed E-state index contributed by atoms with van der Waals surface area (Å²) in [7, 11) is -0.524. The molecule has 14 nitrogen and oxygen atoms in total. The number of benzene rings is 2. The molecule has 0 bridgehead atoms. The number of methoxy groups -OCH3 is 2.